The Morgan fingerprint density at radius 2 is 2.04 bits per heavy atom. The molecule has 2 aromatic rings. The molecule has 0 bridgehead atoms. The lowest BCUT2D eigenvalue weighted by Crippen LogP contribution is -2.39. The molecule has 1 fully saturated rings. The van der Waals surface area contributed by atoms with E-state index in [1.54, 1.807) is 11.3 Å². The Hall–Kier alpha value is -1.44. The number of halogens is 1. The highest BCUT2D eigenvalue weighted by molar-refractivity contribution is 7.08. The molecule has 0 radical (unpaired) electrons. The summed E-state index contributed by atoms with van der Waals surface area (Å²) in [5, 5.41) is 16.1. The maximum absolute atomic E-state index is 12.6. The van der Waals surface area contributed by atoms with Crippen molar-refractivity contribution in [2.75, 3.05) is 19.6 Å². The van der Waals surface area contributed by atoms with Crippen molar-refractivity contribution < 1.29 is 4.79 Å². The molecule has 6 nitrogen and oxygen atoms in total. The maximum Gasteiger partial charge on any atom is 0.254 e. The van der Waals surface area contributed by atoms with Crippen LogP contribution in [-0.4, -0.2) is 45.2 Å². The van der Waals surface area contributed by atoms with Crippen molar-refractivity contribution in [1.29, 1.82) is 0 Å². The quantitative estimate of drug-likeness (QED) is 0.883. The minimum atomic E-state index is 0. The maximum atomic E-state index is 12.6. The smallest absolute Gasteiger partial charge is 0.254 e. The third-order valence-electron chi connectivity index (χ3n) is 4.88. The number of carbonyl (C=O) groups is 1. The van der Waals surface area contributed by atoms with Gasteiger partial charge in [-0.2, -0.15) is 11.3 Å². The van der Waals surface area contributed by atoms with Gasteiger partial charge in [0.1, 0.15) is 11.6 Å². The predicted molar refractivity (Wildman–Crippen MR) is 95.9 cm³/mol. The molecule has 24 heavy (non-hydrogen) atoms. The van der Waals surface area contributed by atoms with Crippen LogP contribution in [0.25, 0.3) is 0 Å². The molecule has 0 atom stereocenters. The third-order valence-corrected chi connectivity index (χ3v) is 5.75. The number of rotatable bonds is 2. The second kappa shape index (κ2) is 7.21. The van der Waals surface area contributed by atoms with Gasteiger partial charge in [0.05, 0.1) is 12.1 Å². The second-order valence-corrected chi connectivity index (χ2v) is 7.08. The van der Waals surface area contributed by atoms with Crippen molar-refractivity contribution in [3.05, 3.63) is 33.5 Å². The van der Waals surface area contributed by atoms with Gasteiger partial charge in [-0.1, -0.05) is 0 Å². The number of aromatic nitrogens is 3. The highest BCUT2D eigenvalue weighted by Crippen LogP contribution is 2.29. The van der Waals surface area contributed by atoms with Crippen LogP contribution in [0.2, 0.25) is 0 Å². The number of aryl methyl sites for hydroxylation is 1. The van der Waals surface area contributed by atoms with Crippen molar-refractivity contribution in [2.24, 2.45) is 0 Å². The van der Waals surface area contributed by atoms with E-state index in [0.717, 1.165) is 68.3 Å². The van der Waals surface area contributed by atoms with E-state index in [4.69, 9.17) is 0 Å². The first kappa shape index (κ1) is 17.4. The number of nitrogens with one attached hydrogen (secondary N) is 1. The van der Waals surface area contributed by atoms with Crippen LogP contribution in [0.1, 0.15) is 46.3 Å². The van der Waals surface area contributed by atoms with E-state index in [1.807, 2.05) is 22.6 Å². The highest BCUT2D eigenvalue weighted by Gasteiger charge is 2.29. The fourth-order valence-electron chi connectivity index (χ4n) is 3.51. The fraction of sp³-hybridized carbons (Fsp3) is 0.562. The summed E-state index contributed by atoms with van der Waals surface area (Å²) in [5.74, 6) is 2.75. The SMILES string of the molecule is Cc1cscc1C(=O)N1CCC(c2nnc3n2CCNC3)CC1.Cl. The normalized spacial score (nSPS) is 18.1. The molecular weight excluding hydrogens is 346 g/mol. The van der Waals surface area contributed by atoms with Crippen LogP contribution < -0.4 is 5.32 Å². The van der Waals surface area contributed by atoms with E-state index in [0.29, 0.717) is 5.92 Å². The lowest BCUT2D eigenvalue weighted by molar-refractivity contribution is 0.0710. The van der Waals surface area contributed by atoms with Gasteiger partial charge < -0.3 is 14.8 Å². The minimum Gasteiger partial charge on any atom is -0.339 e. The third kappa shape index (κ3) is 3.08. The monoisotopic (exact) mass is 367 g/mol. The number of hydrogen-bond acceptors (Lipinski definition) is 5. The molecule has 8 heteroatoms. The minimum absolute atomic E-state index is 0. The van der Waals surface area contributed by atoms with E-state index in [-0.39, 0.29) is 18.3 Å². The fourth-order valence-corrected chi connectivity index (χ4v) is 4.33. The first-order chi connectivity index (χ1) is 11.2. The number of likely N-dealkylation sites (tertiary alicyclic amines) is 1. The molecule has 0 saturated carbocycles. The number of carbonyl (C=O) groups excluding carboxylic acids is 1. The van der Waals surface area contributed by atoms with Gasteiger partial charge in [0.2, 0.25) is 0 Å². The summed E-state index contributed by atoms with van der Waals surface area (Å²) in [6.07, 6.45) is 1.95. The van der Waals surface area contributed by atoms with Crippen molar-refractivity contribution in [1.82, 2.24) is 25.0 Å². The molecule has 0 spiro atoms. The summed E-state index contributed by atoms with van der Waals surface area (Å²) in [7, 11) is 0. The highest BCUT2D eigenvalue weighted by atomic mass is 35.5. The summed E-state index contributed by atoms with van der Waals surface area (Å²) in [5.41, 5.74) is 1.94. The Morgan fingerprint density at radius 1 is 1.25 bits per heavy atom. The number of piperidine rings is 1. The molecule has 2 aromatic heterocycles. The van der Waals surface area contributed by atoms with E-state index < -0.39 is 0 Å². The van der Waals surface area contributed by atoms with E-state index in [1.165, 1.54) is 0 Å². The van der Waals surface area contributed by atoms with E-state index >= 15 is 0 Å². The average Bonchev–Trinajstić information content (AvgIpc) is 3.20. The zero-order chi connectivity index (χ0) is 15.8. The van der Waals surface area contributed by atoms with Crippen molar-refractivity contribution in [3.8, 4) is 0 Å². The molecule has 4 heterocycles. The van der Waals surface area contributed by atoms with Crippen LogP contribution in [-0.2, 0) is 13.1 Å². The van der Waals surface area contributed by atoms with Crippen LogP contribution in [0.4, 0.5) is 0 Å². The molecule has 1 amide bonds. The van der Waals surface area contributed by atoms with E-state index in [9.17, 15) is 4.79 Å². The Labute approximate surface area is 151 Å². The Balaban J connectivity index is 0.00000169. The molecule has 130 valence electrons. The van der Waals surface area contributed by atoms with Crippen LogP contribution in [0.3, 0.4) is 0 Å². The topological polar surface area (TPSA) is 63.1 Å². The lowest BCUT2D eigenvalue weighted by Gasteiger charge is -2.32. The van der Waals surface area contributed by atoms with Crippen LogP contribution >= 0.6 is 23.7 Å². The second-order valence-electron chi connectivity index (χ2n) is 6.34. The van der Waals surface area contributed by atoms with Gasteiger partial charge in [-0.25, -0.2) is 0 Å². The van der Waals surface area contributed by atoms with Gasteiger partial charge in [-0.05, 0) is 30.7 Å². The first-order valence-corrected chi connectivity index (χ1v) is 9.13. The largest absolute Gasteiger partial charge is 0.339 e. The van der Waals surface area contributed by atoms with Gasteiger partial charge in [0.15, 0.2) is 0 Å². The Bertz CT molecular complexity index is 720. The predicted octanol–water partition coefficient (Wildman–Crippen LogP) is 2.19. The summed E-state index contributed by atoms with van der Waals surface area (Å²) in [6, 6.07) is 0. The number of hydrogen-bond donors (Lipinski definition) is 1. The summed E-state index contributed by atoms with van der Waals surface area (Å²) in [4.78, 5) is 14.6. The molecule has 2 aliphatic rings. The molecule has 0 aromatic carbocycles. The standard InChI is InChI=1S/C16H21N5OS.ClH/c1-11-9-23-10-13(11)16(22)20-5-2-12(3-6-20)15-19-18-14-8-17-4-7-21(14)15;/h9-10,12,17H,2-8H2,1H3;1H. The summed E-state index contributed by atoms with van der Waals surface area (Å²) in [6.45, 7) is 6.35. The number of fused-ring (bicyclic) bond motifs is 1. The van der Waals surface area contributed by atoms with Gasteiger partial charge in [0.25, 0.3) is 5.91 Å². The molecule has 2 aliphatic heterocycles. The zero-order valence-corrected chi connectivity index (χ0v) is 15.3. The summed E-state index contributed by atoms with van der Waals surface area (Å²) < 4.78 is 2.27. The van der Waals surface area contributed by atoms with Crippen molar-refractivity contribution in [2.45, 2.75) is 38.8 Å². The average molecular weight is 368 g/mol. The van der Waals surface area contributed by atoms with Gasteiger partial charge in [-0.15, -0.1) is 22.6 Å². The Morgan fingerprint density at radius 3 is 2.75 bits per heavy atom. The first-order valence-electron chi connectivity index (χ1n) is 8.19. The van der Waals surface area contributed by atoms with Gasteiger partial charge >= 0.3 is 0 Å². The molecule has 0 aliphatic carbocycles. The van der Waals surface area contributed by atoms with Crippen LogP contribution in [0, 0.1) is 6.92 Å². The Kier molecular flexibility index (Phi) is 5.22. The number of amides is 1. The molecule has 1 saturated heterocycles. The molecule has 1 N–H and O–H groups in total. The number of nitrogens with zero attached hydrogens (tertiary/aromatic N) is 4. The van der Waals surface area contributed by atoms with Crippen LogP contribution in [0.5, 0.6) is 0 Å². The van der Waals surface area contributed by atoms with Gasteiger partial charge in [-0.3, -0.25) is 4.79 Å². The van der Waals surface area contributed by atoms with Crippen molar-refractivity contribution >= 4 is 29.7 Å². The molecular formula is C16H22ClN5OS. The van der Waals surface area contributed by atoms with Gasteiger partial charge in [0, 0.05) is 37.5 Å². The van der Waals surface area contributed by atoms with Crippen molar-refractivity contribution in [3.63, 3.8) is 0 Å². The molecule has 0 unspecified atom stereocenters. The zero-order valence-electron chi connectivity index (χ0n) is 13.7. The molecule has 4 rings (SSSR count). The van der Waals surface area contributed by atoms with E-state index in [2.05, 4.69) is 20.1 Å². The number of thiophene rings is 1. The summed E-state index contributed by atoms with van der Waals surface area (Å²) >= 11 is 1.60. The lowest BCUT2D eigenvalue weighted by atomic mass is 9.95. The van der Waals surface area contributed by atoms with Crippen LogP contribution in [0.15, 0.2) is 10.8 Å².